The molecule has 0 heterocycles. The third-order valence-corrected chi connectivity index (χ3v) is 3.24. The molecule has 24 heavy (non-hydrogen) atoms. The van der Waals surface area contributed by atoms with Gasteiger partial charge in [0.05, 0.1) is 12.6 Å². The number of anilines is 1. The summed E-state index contributed by atoms with van der Waals surface area (Å²) in [6, 6.07) is 3.53. The number of rotatable bonds is 7. The van der Waals surface area contributed by atoms with Crippen molar-refractivity contribution < 1.29 is 27.8 Å². The smallest absolute Gasteiger partial charge is 0.422 e. The Labute approximate surface area is 139 Å². The zero-order valence-corrected chi connectivity index (χ0v) is 13.9. The van der Waals surface area contributed by atoms with Crippen LogP contribution in [0, 0.1) is 12.8 Å². The van der Waals surface area contributed by atoms with Gasteiger partial charge in [0.2, 0.25) is 0 Å². The Balaban J connectivity index is 2.72. The molecular weight excluding hydrogens is 325 g/mol. The number of alkyl halides is 3. The number of urea groups is 1. The minimum absolute atomic E-state index is 0.0472. The third-order valence-electron chi connectivity index (χ3n) is 3.24. The number of carbonyl (C=O) groups excluding carboxylic acids is 1. The van der Waals surface area contributed by atoms with Gasteiger partial charge in [-0.15, -0.1) is 0 Å². The number of ether oxygens (including phenoxy) is 1. The van der Waals surface area contributed by atoms with E-state index in [1.807, 2.05) is 13.8 Å². The van der Waals surface area contributed by atoms with Gasteiger partial charge in [-0.3, -0.25) is 0 Å². The van der Waals surface area contributed by atoms with Gasteiger partial charge < -0.3 is 20.5 Å². The molecule has 1 unspecified atom stereocenters. The number of aliphatic hydroxyl groups is 1. The first-order valence-corrected chi connectivity index (χ1v) is 7.60. The number of hydrogen-bond acceptors (Lipinski definition) is 3. The molecule has 0 aromatic heterocycles. The standard InChI is InChI=1S/C16H23F3N2O3/c1-10(2)7-12(8-22)20-15(23)21-13-5-4-6-14(11(13)3)24-9-16(17,18)19/h4-6,10,12,22H,7-9H2,1-3H3,(H2,20,21,23). The van der Waals surface area contributed by atoms with Gasteiger partial charge in [0.1, 0.15) is 5.75 Å². The first-order valence-electron chi connectivity index (χ1n) is 7.60. The molecule has 1 aromatic rings. The van der Waals surface area contributed by atoms with Crippen LogP contribution in [0.5, 0.6) is 5.75 Å². The van der Waals surface area contributed by atoms with Crippen LogP contribution in [0.15, 0.2) is 18.2 Å². The molecule has 2 amide bonds. The molecule has 0 aliphatic carbocycles. The Bertz CT molecular complexity index is 548. The van der Waals surface area contributed by atoms with Crippen molar-refractivity contribution in [2.24, 2.45) is 5.92 Å². The van der Waals surface area contributed by atoms with Gasteiger partial charge in [-0.05, 0) is 31.4 Å². The SMILES string of the molecule is Cc1c(NC(=O)NC(CO)CC(C)C)cccc1OCC(F)(F)F. The van der Waals surface area contributed by atoms with Crippen LogP contribution >= 0.6 is 0 Å². The minimum atomic E-state index is -4.43. The lowest BCUT2D eigenvalue weighted by Gasteiger charge is -2.19. The number of benzene rings is 1. The summed E-state index contributed by atoms with van der Waals surface area (Å²) in [6.45, 7) is 3.89. The molecule has 1 rings (SSSR count). The Morgan fingerprint density at radius 3 is 2.54 bits per heavy atom. The predicted octanol–water partition coefficient (Wildman–Crippen LogP) is 3.46. The van der Waals surface area contributed by atoms with E-state index in [1.165, 1.54) is 12.1 Å². The second-order valence-electron chi connectivity index (χ2n) is 5.94. The highest BCUT2D eigenvalue weighted by Crippen LogP contribution is 2.27. The Morgan fingerprint density at radius 2 is 2.00 bits per heavy atom. The molecule has 0 fully saturated rings. The highest BCUT2D eigenvalue weighted by molar-refractivity contribution is 5.90. The van der Waals surface area contributed by atoms with Crippen molar-refractivity contribution >= 4 is 11.7 Å². The van der Waals surface area contributed by atoms with Gasteiger partial charge in [-0.25, -0.2) is 4.79 Å². The summed E-state index contributed by atoms with van der Waals surface area (Å²) < 4.78 is 41.5. The summed E-state index contributed by atoms with van der Waals surface area (Å²) in [4.78, 5) is 12.0. The van der Waals surface area contributed by atoms with E-state index in [0.717, 1.165) is 0 Å². The molecule has 0 aliphatic heterocycles. The summed E-state index contributed by atoms with van der Waals surface area (Å²) in [5.74, 6) is 0.342. The molecule has 0 bridgehead atoms. The molecule has 0 saturated carbocycles. The van der Waals surface area contributed by atoms with Crippen molar-refractivity contribution in [3.05, 3.63) is 23.8 Å². The Kier molecular flexibility index (Phi) is 7.34. The van der Waals surface area contributed by atoms with Crippen LogP contribution in [-0.4, -0.2) is 36.6 Å². The summed E-state index contributed by atoms with van der Waals surface area (Å²) >= 11 is 0. The van der Waals surface area contributed by atoms with Crippen LogP contribution in [0.25, 0.3) is 0 Å². The largest absolute Gasteiger partial charge is 0.484 e. The Hall–Kier alpha value is -1.96. The molecule has 8 heteroatoms. The Morgan fingerprint density at radius 1 is 1.33 bits per heavy atom. The van der Waals surface area contributed by atoms with Gasteiger partial charge in [0.15, 0.2) is 6.61 Å². The number of hydrogen-bond donors (Lipinski definition) is 3. The van der Waals surface area contributed by atoms with E-state index in [9.17, 15) is 23.1 Å². The molecule has 136 valence electrons. The number of amides is 2. The van der Waals surface area contributed by atoms with Crippen molar-refractivity contribution in [2.75, 3.05) is 18.5 Å². The maximum Gasteiger partial charge on any atom is 0.422 e. The normalized spacial score (nSPS) is 12.8. The lowest BCUT2D eigenvalue weighted by molar-refractivity contribution is -0.153. The number of carbonyl (C=O) groups is 1. The molecule has 1 atom stereocenters. The van der Waals surface area contributed by atoms with Crippen LogP contribution in [0.4, 0.5) is 23.7 Å². The fourth-order valence-electron chi connectivity index (χ4n) is 2.16. The molecule has 0 aliphatic rings. The van der Waals surface area contributed by atoms with E-state index in [-0.39, 0.29) is 12.4 Å². The van der Waals surface area contributed by atoms with Crippen LogP contribution in [-0.2, 0) is 0 Å². The first kappa shape index (κ1) is 20.1. The first-order chi connectivity index (χ1) is 11.1. The van der Waals surface area contributed by atoms with Crippen molar-refractivity contribution in [1.29, 1.82) is 0 Å². The topological polar surface area (TPSA) is 70.6 Å². The van der Waals surface area contributed by atoms with Gasteiger partial charge in [-0.2, -0.15) is 13.2 Å². The zero-order chi connectivity index (χ0) is 18.3. The predicted molar refractivity (Wildman–Crippen MR) is 85.2 cm³/mol. The molecular formula is C16H23F3N2O3. The minimum Gasteiger partial charge on any atom is -0.484 e. The van der Waals surface area contributed by atoms with Crippen LogP contribution in [0.3, 0.4) is 0 Å². The zero-order valence-electron chi connectivity index (χ0n) is 13.9. The van der Waals surface area contributed by atoms with E-state index in [2.05, 4.69) is 10.6 Å². The van der Waals surface area contributed by atoms with E-state index in [0.29, 0.717) is 23.6 Å². The molecule has 1 aromatic carbocycles. The maximum atomic E-state index is 12.2. The van der Waals surface area contributed by atoms with Gasteiger partial charge in [0, 0.05) is 11.3 Å². The molecule has 3 N–H and O–H groups in total. The molecule has 5 nitrogen and oxygen atoms in total. The van der Waals surface area contributed by atoms with E-state index in [4.69, 9.17) is 4.74 Å². The summed E-state index contributed by atoms with van der Waals surface area (Å²) in [7, 11) is 0. The molecule has 0 saturated heterocycles. The highest BCUT2D eigenvalue weighted by Gasteiger charge is 2.28. The van der Waals surface area contributed by atoms with Gasteiger partial charge in [0.25, 0.3) is 0 Å². The van der Waals surface area contributed by atoms with Crippen LogP contribution in [0.1, 0.15) is 25.8 Å². The van der Waals surface area contributed by atoms with Gasteiger partial charge >= 0.3 is 12.2 Å². The summed E-state index contributed by atoms with van der Waals surface area (Å²) in [5.41, 5.74) is 0.731. The third kappa shape index (κ3) is 7.08. The summed E-state index contributed by atoms with van der Waals surface area (Å²) in [6.07, 6.45) is -3.82. The fourth-order valence-corrected chi connectivity index (χ4v) is 2.16. The number of nitrogens with one attached hydrogen (secondary N) is 2. The highest BCUT2D eigenvalue weighted by atomic mass is 19.4. The van der Waals surface area contributed by atoms with Crippen molar-refractivity contribution in [2.45, 2.75) is 39.4 Å². The molecule has 0 radical (unpaired) electrons. The van der Waals surface area contributed by atoms with E-state index < -0.39 is 24.9 Å². The van der Waals surface area contributed by atoms with Crippen molar-refractivity contribution in [1.82, 2.24) is 5.32 Å². The molecule has 0 spiro atoms. The lowest BCUT2D eigenvalue weighted by atomic mass is 10.0. The average molecular weight is 348 g/mol. The lowest BCUT2D eigenvalue weighted by Crippen LogP contribution is -2.41. The number of halogens is 3. The average Bonchev–Trinajstić information content (AvgIpc) is 2.46. The maximum absolute atomic E-state index is 12.2. The van der Waals surface area contributed by atoms with E-state index >= 15 is 0 Å². The monoisotopic (exact) mass is 348 g/mol. The van der Waals surface area contributed by atoms with E-state index in [1.54, 1.807) is 13.0 Å². The van der Waals surface area contributed by atoms with Crippen LogP contribution in [0.2, 0.25) is 0 Å². The second kappa shape index (κ2) is 8.77. The fraction of sp³-hybridized carbons (Fsp3) is 0.562. The van der Waals surface area contributed by atoms with Crippen LogP contribution < -0.4 is 15.4 Å². The quantitative estimate of drug-likeness (QED) is 0.707. The second-order valence-corrected chi connectivity index (χ2v) is 5.94. The van der Waals surface area contributed by atoms with Crippen molar-refractivity contribution in [3.63, 3.8) is 0 Å². The van der Waals surface area contributed by atoms with Crippen molar-refractivity contribution in [3.8, 4) is 5.75 Å². The summed E-state index contributed by atoms with van der Waals surface area (Å²) in [5, 5.41) is 14.5. The van der Waals surface area contributed by atoms with Gasteiger partial charge in [-0.1, -0.05) is 19.9 Å². The number of aliphatic hydroxyl groups excluding tert-OH is 1.